The van der Waals surface area contributed by atoms with Gasteiger partial charge in [0.1, 0.15) is 5.75 Å². The predicted octanol–water partition coefficient (Wildman–Crippen LogP) is 4.40. The number of methoxy groups -OCH3 is 2. The highest BCUT2D eigenvalue weighted by molar-refractivity contribution is 5.59. The first-order valence-electron chi connectivity index (χ1n) is 10.7. The maximum Gasteiger partial charge on any atom is 0.231 e. The molecule has 0 saturated carbocycles. The lowest BCUT2D eigenvalue weighted by Gasteiger charge is -2.50. The summed E-state index contributed by atoms with van der Waals surface area (Å²) in [6.07, 6.45) is 2.40. The summed E-state index contributed by atoms with van der Waals surface area (Å²) < 4.78 is 29.5. The summed E-state index contributed by atoms with van der Waals surface area (Å²) in [6.45, 7) is 6.82. The first-order valence-corrected chi connectivity index (χ1v) is 10.7. The van der Waals surface area contributed by atoms with Crippen LogP contribution in [0.1, 0.15) is 43.7 Å². The van der Waals surface area contributed by atoms with Crippen LogP contribution in [0.3, 0.4) is 0 Å². The third-order valence-corrected chi connectivity index (χ3v) is 7.00. The fraction of sp³-hybridized carbons (Fsp3) is 0.500. The fourth-order valence-electron chi connectivity index (χ4n) is 5.27. The molecule has 0 aromatic heterocycles. The zero-order valence-electron chi connectivity index (χ0n) is 18.1. The Morgan fingerprint density at radius 3 is 2.40 bits per heavy atom. The topological polar surface area (TPSA) is 49.4 Å². The molecule has 0 radical (unpaired) electrons. The quantitative estimate of drug-likeness (QED) is 0.743. The molecule has 1 saturated heterocycles. The van der Waals surface area contributed by atoms with Crippen LogP contribution in [-0.4, -0.2) is 44.7 Å². The second-order valence-corrected chi connectivity index (χ2v) is 8.44. The molecule has 30 heavy (non-hydrogen) atoms. The van der Waals surface area contributed by atoms with Crippen molar-refractivity contribution in [2.75, 3.05) is 34.1 Å². The molecular formula is C24H29NO5. The highest BCUT2D eigenvalue weighted by Crippen LogP contribution is 2.55. The average Bonchev–Trinajstić information content (AvgIpc) is 3.45. The maximum absolute atomic E-state index is 6.74. The van der Waals surface area contributed by atoms with E-state index in [1.165, 1.54) is 12.8 Å². The largest absolute Gasteiger partial charge is 0.493 e. The Hall–Kier alpha value is -2.60. The van der Waals surface area contributed by atoms with Crippen LogP contribution in [0, 0.1) is 5.92 Å². The van der Waals surface area contributed by atoms with E-state index in [1.807, 2.05) is 18.2 Å². The minimum absolute atomic E-state index is 0.0545. The molecule has 0 spiro atoms. The van der Waals surface area contributed by atoms with E-state index in [2.05, 4.69) is 30.9 Å². The normalized spacial score (nSPS) is 27.5. The third kappa shape index (κ3) is 2.81. The second kappa shape index (κ2) is 7.27. The van der Waals surface area contributed by atoms with Crippen LogP contribution in [-0.2, 0) is 0 Å². The van der Waals surface area contributed by atoms with Crippen molar-refractivity contribution in [3.63, 3.8) is 0 Å². The van der Waals surface area contributed by atoms with Gasteiger partial charge < -0.3 is 23.7 Å². The molecule has 0 amide bonds. The van der Waals surface area contributed by atoms with Crippen LogP contribution in [0.5, 0.6) is 28.7 Å². The third-order valence-electron chi connectivity index (χ3n) is 7.00. The standard InChI is InChI=1S/C24H29NO5/c1-15-22(16-8-7-9-18(26-3)23(16)27-4)17-12-20-21(29-14-28-20)13-19(17)30-24(15,2)25-10-5-6-11-25/h7-9,12-13,15,22H,5-6,10-11,14H2,1-4H3/t15-,22+,24+/m0/s1. The number of para-hydroxylation sites is 1. The molecule has 160 valence electrons. The van der Waals surface area contributed by atoms with Crippen molar-refractivity contribution >= 4 is 0 Å². The van der Waals surface area contributed by atoms with Crippen LogP contribution < -0.4 is 23.7 Å². The van der Waals surface area contributed by atoms with E-state index in [-0.39, 0.29) is 18.6 Å². The van der Waals surface area contributed by atoms with Crippen molar-refractivity contribution in [3.8, 4) is 28.7 Å². The number of benzene rings is 2. The van der Waals surface area contributed by atoms with E-state index in [0.29, 0.717) is 0 Å². The molecule has 3 aliphatic rings. The summed E-state index contributed by atoms with van der Waals surface area (Å²) in [6, 6.07) is 10.1. The number of likely N-dealkylation sites (tertiary alicyclic amines) is 1. The number of hydrogen-bond acceptors (Lipinski definition) is 6. The Kier molecular flexibility index (Phi) is 4.69. The van der Waals surface area contributed by atoms with Crippen LogP contribution >= 0.6 is 0 Å². The highest BCUT2D eigenvalue weighted by Gasteiger charge is 2.50. The zero-order chi connectivity index (χ0) is 20.9. The molecule has 3 heterocycles. The molecule has 6 heteroatoms. The lowest BCUT2D eigenvalue weighted by Crippen LogP contribution is -2.57. The molecule has 2 aromatic carbocycles. The van der Waals surface area contributed by atoms with Gasteiger partial charge in [-0.2, -0.15) is 0 Å². The van der Waals surface area contributed by atoms with E-state index in [1.54, 1.807) is 14.2 Å². The summed E-state index contributed by atoms with van der Waals surface area (Å²) in [4.78, 5) is 2.48. The SMILES string of the molecule is COc1cccc([C@@H]2c3cc4c(cc3O[C@@](C)(N3CCCC3)[C@H]2C)OCO4)c1OC. The number of nitrogens with zero attached hydrogens (tertiary/aromatic N) is 1. The Bertz CT molecular complexity index is 955. The van der Waals surface area contributed by atoms with Gasteiger partial charge in [-0.05, 0) is 31.9 Å². The molecule has 0 unspecified atom stereocenters. The molecule has 0 aliphatic carbocycles. The zero-order valence-corrected chi connectivity index (χ0v) is 18.1. The van der Waals surface area contributed by atoms with Gasteiger partial charge in [0.15, 0.2) is 28.7 Å². The van der Waals surface area contributed by atoms with Gasteiger partial charge in [0, 0.05) is 42.1 Å². The molecule has 2 aromatic rings. The number of ether oxygens (including phenoxy) is 5. The Morgan fingerprint density at radius 1 is 0.967 bits per heavy atom. The molecule has 3 aliphatic heterocycles. The van der Waals surface area contributed by atoms with Gasteiger partial charge in [-0.1, -0.05) is 19.1 Å². The minimum Gasteiger partial charge on any atom is -0.493 e. The van der Waals surface area contributed by atoms with Crippen molar-refractivity contribution in [1.29, 1.82) is 0 Å². The van der Waals surface area contributed by atoms with Crippen LogP contribution in [0.2, 0.25) is 0 Å². The fourth-order valence-corrected chi connectivity index (χ4v) is 5.27. The van der Waals surface area contributed by atoms with E-state index in [9.17, 15) is 0 Å². The van der Waals surface area contributed by atoms with Gasteiger partial charge in [-0.15, -0.1) is 0 Å². The van der Waals surface area contributed by atoms with Gasteiger partial charge >= 0.3 is 0 Å². The molecular weight excluding hydrogens is 382 g/mol. The molecule has 0 N–H and O–H groups in total. The van der Waals surface area contributed by atoms with Crippen molar-refractivity contribution in [3.05, 3.63) is 41.5 Å². The van der Waals surface area contributed by atoms with Gasteiger partial charge in [0.05, 0.1) is 14.2 Å². The summed E-state index contributed by atoms with van der Waals surface area (Å²) in [7, 11) is 3.38. The van der Waals surface area contributed by atoms with Crippen molar-refractivity contribution in [2.24, 2.45) is 5.92 Å². The highest BCUT2D eigenvalue weighted by atomic mass is 16.7. The smallest absolute Gasteiger partial charge is 0.231 e. The molecule has 6 nitrogen and oxygen atoms in total. The number of fused-ring (bicyclic) bond motifs is 2. The van der Waals surface area contributed by atoms with Crippen LogP contribution in [0.15, 0.2) is 30.3 Å². The first-order chi connectivity index (χ1) is 14.6. The molecule has 3 atom stereocenters. The van der Waals surface area contributed by atoms with Crippen molar-refractivity contribution in [1.82, 2.24) is 4.90 Å². The Morgan fingerprint density at radius 2 is 1.70 bits per heavy atom. The summed E-state index contributed by atoms with van der Waals surface area (Å²) in [5.74, 6) is 4.08. The van der Waals surface area contributed by atoms with Gasteiger partial charge in [0.25, 0.3) is 0 Å². The van der Waals surface area contributed by atoms with Crippen molar-refractivity contribution in [2.45, 2.75) is 38.3 Å². The summed E-state index contributed by atoms with van der Waals surface area (Å²) in [5.41, 5.74) is 1.75. The second-order valence-electron chi connectivity index (χ2n) is 8.44. The van der Waals surface area contributed by atoms with Crippen LogP contribution in [0.4, 0.5) is 0 Å². The maximum atomic E-state index is 6.74. The predicted molar refractivity (Wildman–Crippen MR) is 113 cm³/mol. The van der Waals surface area contributed by atoms with Gasteiger partial charge in [-0.25, -0.2) is 0 Å². The van der Waals surface area contributed by atoms with Gasteiger partial charge in [0.2, 0.25) is 6.79 Å². The molecule has 0 bridgehead atoms. The van der Waals surface area contributed by atoms with E-state index >= 15 is 0 Å². The minimum atomic E-state index is -0.435. The van der Waals surface area contributed by atoms with E-state index < -0.39 is 5.72 Å². The number of hydrogen-bond donors (Lipinski definition) is 0. The van der Waals surface area contributed by atoms with E-state index in [4.69, 9.17) is 23.7 Å². The monoisotopic (exact) mass is 411 g/mol. The number of rotatable bonds is 4. The molecule has 5 rings (SSSR count). The lowest BCUT2D eigenvalue weighted by molar-refractivity contribution is -0.114. The average molecular weight is 411 g/mol. The summed E-state index contributed by atoms with van der Waals surface area (Å²) in [5, 5.41) is 0. The van der Waals surface area contributed by atoms with E-state index in [0.717, 1.165) is 53.0 Å². The Labute approximate surface area is 177 Å². The first kappa shape index (κ1) is 19.4. The van der Waals surface area contributed by atoms with Gasteiger partial charge in [-0.3, -0.25) is 4.90 Å². The lowest BCUT2D eigenvalue weighted by atomic mass is 9.73. The molecule has 1 fully saturated rings. The Balaban J connectivity index is 1.71. The van der Waals surface area contributed by atoms with Crippen LogP contribution in [0.25, 0.3) is 0 Å². The van der Waals surface area contributed by atoms with Crippen molar-refractivity contribution < 1.29 is 23.7 Å². The summed E-state index contributed by atoms with van der Waals surface area (Å²) >= 11 is 0.